The molecule has 1 aliphatic carbocycles. The Kier molecular flexibility index (Phi) is 34.9. The quantitative estimate of drug-likeness (QED) is 0.0147. The van der Waals surface area contributed by atoms with Gasteiger partial charge in [-0.05, 0) is 38.5 Å². The first kappa shape index (κ1) is 56.6. The van der Waals surface area contributed by atoms with E-state index in [-0.39, 0.29) is 12.8 Å². The number of hydrogen-bond donors (Lipinski definition) is 6. The molecule has 1 fully saturated rings. The van der Waals surface area contributed by atoms with Crippen LogP contribution in [0.5, 0.6) is 0 Å². The van der Waals surface area contributed by atoms with Crippen molar-refractivity contribution in [3.05, 3.63) is 12.2 Å². The highest BCUT2D eigenvalue weighted by Gasteiger charge is 2.51. The Morgan fingerprint density at radius 1 is 0.500 bits per heavy atom. The van der Waals surface area contributed by atoms with E-state index in [2.05, 4.69) is 26.0 Å². The van der Waals surface area contributed by atoms with Crippen molar-refractivity contribution in [2.24, 2.45) is 0 Å². The van der Waals surface area contributed by atoms with Gasteiger partial charge in [0.15, 0.2) is 6.10 Å². The van der Waals surface area contributed by atoms with Crippen molar-refractivity contribution in [3.63, 3.8) is 0 Å². The molecule has 13 nitrogen and oxygen atoms in total. The molecule has 14 heteroatoms. The number of phosphoric acid groups is 1. The molecule has 0 spiro atoms. The van der Waals surface area contributed by atoms with Crippen LogP contribution in [0.2, 0.25) is 0 Å². The number of aliphatic hydroxyl groups excluding tert-OH is 5. The van der Waals surface area contributed by atoms with E-state index >= 15 is 0 Å². The lowest BCUT2D eigenvalue weighted by molar-refractivity contribution is -0.220. The van der Waals surface area contributed by atoms with E-state index in [1.165, 1.54) is 116 Å². The number of rotatable bonds is 40. The molecule has 6 unspecified atom stereocenters. The van der Waals surface area contributed by atoms with Gasteiger partial charge in [-0.1, -0.05) is 174 Å². The standard InChI is InChI=1S/C46H87O13P/c1-3-5-7-9-11-13-15-17-18-19-20-21-23-24-26-28-30-32-34-39(47)56-36-38(37-57-60(54,55)59-46-44(52)42(50)41(49)43(51)45(46)53)58-40(48)35-33-31-29-27-25-22-16-14-12-10-8-6-4-2/h14,16,38,41-46,49-53H,3-13,15,17-37H2,1-2H3,(H,54,55)/b16-14+/t38-,41?,42-,43?,44?,45?,46?/m0/s1. The molecular formula is C46H87O13P. The zero-order valence-electron chi connectivity index (χ0n) is 37.5. The van der Waals surface area contributed by atoms with Gasteiger partial charge >= 0.3 is 19.8 Å². The number of allylic oxidation sites excluding steroid dienone is 2. The van der Waals surface area contributed by atoms with Gasteiger partial charge in [-0.25, -0.2) is 4.57 Å². The fraction of sp³-hybridized carbons (Fsp3) is 0.913. The zero-order chi connectivity index (χ0) is 44.3. The van der Waals surface area contributed by atoms with Crippen LogP contribution < -0.4 is 0 Å². The topological polar surface area (TPSA) is 210 Å². The summed E-state index contributed by atoms with van der Waals surface area (Å²) >= 11 is 0. The summed E-state index contributed by atoms with van der Waals surface area (Å²) in [6.45, 7) is 3.30. The average Bonchev–Trinajstić information content (AvgIpc) is 3.23. The smallest absolute Gasteiger partial charge is 0.462 e. The van der Waals surface area contributed by atoms with E-state index in [0.717, 1.165) is 57.8 Å². The van der Waals surface area contributed by atoms with Crippen molar-refractivity contribution in [3.8, 4) is 0 Å². The Balaban J connectivity index is 2.41. The summed E-state index contributed by atoms with van der Waals surface area (Å²) in [5.74, 6) is -1.10. The van der Waals surface area contributed by atoms with Gasteiger partial charge in [-0.2, -0.15) is 0 Å². The van der Waals surface area contributed by atoms with Crippen molar-refractivity contribution in [2.75, 3.05) is 13.2 Å². The Morgan fingerprint density at radius 2 is 0.850 bits per heavy atom. The molecule has 0 amide bonds. The molecule has 0 aromatic heterocycles. The predicted octanol–water partition coefficient (Wildman–Crippen LogP) is 9.45. The van der Waals surface area contributed by atoms with Crippen LogP contribution in [0.25, 0.3) is 0 Å². The Bertz CT molecular complexity index is 1110. The summed E-state index contributed by atoms with van der Waals surface area (Å²) in [5, 5.41) is 50.1. The molecule has 60 heavy (non-hydrogen) atoms. The predicted molar refractivity (Wildman–Crippen MR) is 235 cm³/mol. The Hall–Kier alpha value is -1.41. The first-order valence-electron chi connectivity index (χ1n) is 24.0. The SMILES string of the molecule is CCCCCC/C=C/CCCCCCCC(=O)O[C@@H](COC(=O)CCCCCCCCCCCCCCCCCCCC)COP(=O)(O)OC1C(O)C(O)C(O)[C@H](O)C1O. The largest absolute Gasteiger partial charge is 0.472 e. The third kappa shape index (κ3) is 29.0. The van der Waals surface area contributed by atoms with Crippen LogP contribution in [0.15, 0.2) is 12.2 Å². The summed E-state index contributed by atoms with van der Waals surface area (Å²) in [4.78, 5) is 35.7. The Morgan fingerprint density at radius 3 is 1.28 bits per heavy atom. The van der Waals surface area contributed by atoms with Gasteiger partial charge in [0.05, 0.1) is 6.61 Å². The summed E-state index contributed by atoms with van der Waals surface area (Å²) in [5.41, 5.74) is 0. The molecule has 354 valence electrons. The van der Waals surface area contributed by atoms with Gasteiger partial charge in [0.2, 0.25) is 0 Å². The van der Waals surface area contributed by atoms with Gasteiger partial charge < -0.3 is 39.9 Å². The highest BCUT2D eigenvalue weighted by molar-refractivity contribution is 7.47. The third-order valence-corrected chi connectivity index (χ3v) is 12.3. The molecule has 1 aliphatic rings. The van der Waals surface area contributed by atoms with E-state index in [1.54, 1.807) is 0 Å². The molecule has 1 rings (SSSR count). The van der Waals surface area contributed by atoms with Crippen molar-refractivity contribution in [1.82, 2.24) is 0 Å². The maximum atomic E-state index is 12.8. The number of phosphoric ester groups is 1. The molecule has 1 saturated carbocycles. The van der Waals surface area contributed by atoms with E-state index in [4.69, 9.17) is 18.5 Å². The second-order valence-electron chi connectivity index (χ2n) is 17.0. The van der Waals surface area contributed by atoms with Gasteiger partial charge in [0.1, 0.15) is 43.2 Å². The van der Waals surface area contributed by atoms with Crippen molar-refractivity contribution in [1.29, 1.82) is 0 Å². The maximum Gasteiger partial charge on any atom is 0.472 e. The van der Waals surface area contributed by atoms with Crippen molar-refractivity contribution >= 4 is 19.8 Å². The van der Waals surface area contributed by atoms with E-state index in [1.807, 2.05) is 0 Å². The number of aliphatic hydroxyl groups is 5. The van der Waals surface area contributed by atoms with Crippen LogP contribution in [0.4, 0.5) is 0 Å². The van der Waals surface area contributed by atoms with E-state index < -0.39 is 75.7 Å². The number of ether oxygens (including phenoxy) is 2. The van der Waals surface area contributed by atoms with Gasteiger partial charge in [-0.15, -0.1) is 0 Å². The number of esters is 2. The van der Waals surface area contributed by atoms with Crippen LogP contribution in [0, 0.1) is 0 Å². The van der Waals surface area contributed by atoms with E-state index in [0.29, 0.717) is 12.8 Å². The molecule has 8 atom stereocenters. The van der Waals surface area contributed by atoms with Crippen LogP contribution in [-0.4, -0.2) is 98.3 Å². The van der Waals surface area contributed by atoms with Crippen LogP contribution in [0.3, 0.4) is 0 Å². The average molecular weight is 879 g/mol. The van der Waals surface area contributed by atoms with Gasteiger partial charge in [0, 0.05) is 12.8 Å². The van der Waals surface area contributed by atoms with Crippen LogP contribution in [-0.2, 0) is 32.7 Å². The van der Waals surface area contributed by atoms with Crippen LogP contribution in [0.1, 0.15) is 213 Å². The summed E-state index contributed by atoms with van der Waals surface area (Å²) < 4.78 is 33.5. The molecule has 0 radical (unpaired) electrons. The maximum absolute atomic E-state index is 12.8. The van der Waals surface area contributed by atoms with Crippen molar-refractivity contribution in [2.45, 2.75) is 256 Å². The molecule has 0 aromatic carbocycles. The fourth-order valence-corrected chi connectivity index (χ4v) is 8.43. The highest BCUT2D eigenvalue weighted by Crippen LogP contribution is 2.47. The zero-order valence-corrected chi connectivity index (χ0v) is 38.4. The first-order valence-corrected chi connectivity index (χ1v) is 25.5. The van der Waals surface area contributed by atoms with Gasteiger partial charge in [-0.3, -0.25) is 18.6 Å². The van der Waals surface area contributed by atoms with Crippen molar-refractivity contribution < 1.29 is 63.1 Å². The minimum Gasteiger partial charge on any atom is -0.462 e. The van der Waals surface area contributed by atoms with Crippen LogP contribution >= 0.6 is 7.82 Å². The molecule has 0 heterocycles. The monoisotopic (exact) mass is 879 g/mol. The lowest BCUT2D eigenvalue weighted by atomic mass is 9.85. The summed E-state index contributed by atoms with van der Waals surface area (Å²) in [6, 6.07) is 0. The normalized spacial score (nSPS) is 22.2. The number of unbranched alkanes of at least 4 members (excludes halogenated alkanes) is 26. The molecule has 0 bridgehead atoms. The summed E-state index contributed by atoms with van der Waals surface area (Å²) in [6.07, 6.45) is 25.5. The molecule has 0 aromatic rings. The first-order chi connectivity index (χ1) is 28.9. The fourth-order valence-electron chi connectivity index (χ4n) is 7.46. The minimum absolute atomic E-state index is 0.0905. The number of hydrogen-bond acceptors (Lipinski definition) is 12. The molecule has 0 aliphatic heterocycles. The second kappa shape index (κ2) is 37.0. The van der Waals surface area contributed by atoms with E-state index in [9.17, 15) is 44.6 Å². The molecular weight excluding hydrogens is 791 g/mol. The lowest BCUT2D eigenvalue weighted by Gasteiger charge is -2.41. The minimum atomic E-state index is -5.11. The highest BCUT2D eigenvalue weighted by atomic mass is 31.2. The molecule has 0 saturated heterocycles. The Labute approximate surface area is 363 Å². The third-order valence-electron chi connectivity index (χ3n) is 11.4. The second-order valence-corrected chi connectivity index (χ2v) is 18.4. The van der Waals surface area contributed by atoms with Gasteiger partial charge in [0.25, 0.3) is 0 Å². The number of carbonyl (C=O) groups excluding carboxylic acids is 2. The lowest BCUT2D eigenvalue weighted by Crippen LogP contribution is -2.64. The number of carbonyl (C=O) groups is 2. The summed E-state index contributed by atoms with van der Waals surface area (Å²) in [7, 11) is -5.11. The molecule has 6 N–H and O–H groups in total.